The lowest BCUT2D eigenvalue weighted by atomic mass is 10.4. The highest BCUT2D eigenvalue weighted by atomic mass is 35.5. The predicted octanol–water partition coefficient (Wildman–Crippen LogP) is 1.57. The summed E-state index contributed by atoms with van der Waals surface area (Å²) in [6, 6.07) is 0. The molecule has 0 aliphatic carbocycles. The van der Waals surface area contributed by atoms with Gasteiger partial charge in [-0.25, -0.2) is 4.68 Å². The van der Waals surface area contributed by atoms with Gasteiger partial charge in [0.25, 0.3) is 0 Å². The standard InChI is InChI=1S/C7H4ClN5/c1-9-7-11-5(8)4-3-10-13(2)6(4)12-7/h3H,2H3. The van der Waals surface area contributed by atoms with Crippen molar-refractivity contribution in [3.63, 3.8) is 0 Å². The molecule has 0 aromatic carbocycles. The van der Waals surface area contributed by atoms with E-state index in [0.29, 0.717) is 11.0 Å². The van der Waals surface area contributed by atoms with E-state index in [2.05, 4.69) is 19.9 Å². The Labute approximate surface area is 78.8 Å². The first-order chi connectivity index (χ1) is 6.22. The predicted molar refractivity (Wildman–Crippen MR) is 47.6 cm³/mol. The number of nitrogens with zero attached hydrogens (tertiary/aromatic N) is 5. The molecule has 0 spiro atoms. The minimum absolute atomic E-state index is 0.0427. The van der Waals surface area contributed by atoms with Crippen molar-refractivity contribution in [2.75, 3.05) is 0 Å². The summed E-state index contributed by atoms with van der Waals surface area (Å²) in [7, 11) is 1.74. The molecule has 0 N–H and O–H groups in total. The quantitative estimate of drug-likeness (QED) is 0.471. The average molecular weight is 194 g/mol. The van der Waals surface area contributed by atoms with E-state index >= 15 is 0 Å². The Balaban J connectivity index is 2.90. The van der Waals surface area contributed by atoms with Crippen LogP contribution in [-0.4, -0.2) is 19.7 Å². The van der Waals surface area contributed by atoms with Crippen molar-refractivity contribution in [1.29, 1.82) is 0 Å². The van der Waals surface area contributed by atoms with Crippen LogP contribution >= 0.6 is 11.6 Å². The van der Waals surface area contributed by atoms with Gasteiger partial charge in [-0.1, -0.05) is 0 Å². The molecule has 0 atom stereocenters. The van der Waals surface area contributed by atoms with Gasteiger partial charge in [0, 0.05) is 7.05 Å². The van der Waals surface area contributed by atoms with E-state index in [9.17, 15) is 0 Å². The Bertz CT molecular complexity index is 509. The molecule has 0 radical (unpaired) electrons. The molecule has 64 valence electrons. The first kappa shape index (κ1) is 7.95. The van der Waals surface area contributed by atoms with E-state index < -0.39 is 0 Å². The summed E-state index contributed by atoms with van der Waals surface area (Å²) in [6.07, 6.45) is 1.57. The lowest BCUT2D eigenvalue weighted by Crippen LogP contribution is -1.92. The largest absolute Gasteiger partial charge is 0.394 e. The molecule has 2 heterocycles. The number of aromatic nitrogens is 4. The van der Waals surface area contributed by atoms with Gasteiger partial charge in [-0.05, 0) is 11.6 Å². The number of halogens is 1. The van der Waals surface area contributed by atoms with Crippen LogP contribution in [0, 0.1) is 6.57 Å². The minimum Gasteiger partial charge on any atom is -0.394 e. The highest BCUT2D eigenvalue weighted by Crippen LogP contribution is 2.21. The summed E-state index contributed by atoms with van der Waals surface area (Å²) >= 11 is 5.81. The van der Waals surface area contributed by atoms with Crippen molar-refractivity contribution in [3.8, 4) is 0 Å². The number of aryl methyl sites for hydroxylation is 1. The fraction of sp³-hybridized carbons (Fsp3) is 0.143. The van der Waals surface area contributed by atoms with Gasteiger partial charge in [-0.3, -0.25) is 0 Å². The highest BCUT2D eigenvalue weighted by Gasteiger charge is 2.12. The fourth-order valence-electron chi connectivity index (χ4n) is 1.03. The van der Waals surface area contributed by atoms with Crippen LogP contribution in [-0.2, 0) is 7.05 Å². The summed E-state index contributed by atoms with van der Waals surface area (Å²) in [6.45, 7) is 6.75. The van der Waals surface area contributed by atoms with Gasteiger partial charge >= 0.3 is 5.95 Å². The first-order valence-corrected chi connectivity index (χ1v) is 3.83. The number of hydrogen-bond acceptors (Lipinski definition) is 3. The Morgan fingerprint density at radius 3 is 3.00 bits per heavy atom. The van der Waals surface area contributed by atoms with E-state index in [0.717, 1.165) is 0 Å². The van der Waals surface area contributed by atoms with Gasteiger partial charge in [-0.2, -0.15) is 5.10 Å². The molecule has 0 fully saturated rings. The molecular formula is C7H4ClN5. The minimum atomic E-state index is 0.0427. The lowest BCUT2D eigenvalue weighted by Gasteiger charge is -1.91. The zero-order valence-electron chi connectivity index (χ0n) is 6.69. The van der Waals surface area contributed by atoms with E-state index in [4.69, 9.17) is 18.2 Å². The maximum Gasteiger partial charge on any atom is 0.374 e. The molecule has 13 heavy (non-hydrogen) atoms. The maximum absolute atomic E-state index is 6.75. The molecule has 2 rings (SSSR count). The topological polar surface area (TPSA) is 48.0 Å². The molecule has 2 aromatic rings. The van der Waals surface area contributed by atoms with Crippen LogP contribution in [0.1, 0.15) is 0 Å². The Hall–Kier alpha value is -1.67. The Kier molecular flexibility index (Phi) is 1.64. The average Bonchev–Trinajstić information content (AvgIpc) is 2.48. The molecule has 0 amide bonds. The molecule has 0 aliphatic heterocycles. The van der Waals surface area contributed by atoms with Gasteiger partial charge in [0.05, 0.1) is 6.20 Å². The third-order valence-corrected chi connectivity index (χ3v) is 1.92. The van der Waals surface area contributed by atoms with Crippen LogP contribution in [0.15, 0.2) is 6.20 Å². The summed E-state index contributed by atoms with van der Waals surface area (Å²) < 4.78 is 1.55. The third kappa shape index (κ3) is 1.12. The van der Waals surface area contributed by atoms with Gasteiger partial charge in [0.2, 0.25) is 10.8 Å². The second-order valence-electron chi connectivity index (χ2n) is 2.43. The van der Waals surface area contributed by atoms with E-state index in [1.54, 1.807) is 17.9 Å². The first-order valence-electron chi connectivity index (χ1n) is 3.45. The van der Waals surface area contributed by atoms with Crippen LogP contribution < -0.4 is 0 Å². The van der Waals surface area contributed by atoms with Crippen molar-refractivity contribution < 1.29 is 0 Å². The lowest BCUT2D eigenvalue weighted by molar-refractivity contribution is 0.786. The van der Waals surface area contributed by atoms with Crippen LogP contribution in [0.25, 0.3) is 15.9 Å². The molecule has 0 aliphatic rings. The SMILES string of the molecule is [C-]#[N+]c1nc(Cl)c2cnn(C)c2n1. The van der Waals surface area contributed by atoms with Crippen molar-refractivity contribution in [2.24, 2.45) is 7.05 Å². The number of rotatable bonds is 0. The summed E-state index contributed by atoms with van der Waals surface area (Å²) in [4.78, 5) is 10.8. The molecular weight excluding hydrogens is 190 g/mol. The summed E-state index contributed by atoms with van der Waals surface area (Å²) in [5, 5.41) is 4.89. The van der Waals surface area contributed by atoms with Gasteiger partial charge < -0.3 is 4.85 Å². The van der Waals surface area contributed by atoms with Crippen LogP contribution in [0.4, 0.5) is 5.95 Å². The van der Waals surface area contributed by atoms with E-state index in [-0.39, 0.29) is 11.1 Å². The Morgan fingerprint density at radius 1 is 1.54 bits per heavy atom. The van der Waals surface area contributed by atoms with Crippen molar-refractivity contribution in [1.82, 2.24) is 19.7 Å². The molecule has 5 nitrogen and oxygen atoms in total. The second-order valence-corrected chi connectivity index (χ2v) is 2.79. The van der Waals surface area contributed by atoms with Gasteiger partial charge in [0.15, 0.2) is 0 Å². The second kappa shape index (κ2) is 2.68. The van der Waals surface area contributed by atoms with Crippen molar-refractivity contribution in [2.45, 2.75) is 0 Å². The maximum atomic E-state index is 6.75. The van der Waals surface area contributed by atoms with E-state index in [1.165, 1.54) is 0 Å². The van der Waals surface area contributed by atoms with Crippen LogP contribution in [0.2, 0.25) is 5.15 Å². The molecule has 0 unspecified atom stereocenters. The fourth-order valence-corrected chi connectivity index (χ4v) is 1.24. The van der Waals surface area contributed by atoms with Gasteiger partial charge in [0.1, 0.15) is 5.39 Å². The highest BCUT2D eigenvalue weighted by molar-refractivity contribution is 6.34. The van der Waals surface area contributed by atoms with Crippen LogP contribution in [0.3, 0.4) is 0 Å². The van der Waals surface area contributed by atoms with Crippen LogP contribution in [0.5, 0.6) is 0 Å². The summed E-state index contributed by atoms with van der Waals surface area (Å²) in [5.74, 6) is 0.0427. The third-order valence-electron chi connectivity index (χ3n) is 1.63. The van der Waals surface area contributed by atoms with E-state index in [1.807, 2.05) is 0 Å². The van der Waals surface area contributed by atoms with Gasteiger partial charge in [-0.15, -0.1) is 16.5 Å². The monoisotopic (exact) mass is 193 g/mol. The molecule has 0 saturated heterocycles. The number of fused-ring (bicyclic) bond motifs is 1. The van der Waals surface area contributed by atoms with Crippen molar-refractivity contribution >= 4 is 28.6 Å². The smallest absolute Gasteiger partial charge is 0.374 e. The number of hydrogen-bond donors (Lipinski definition) is 0. The zero-order chi connectivity index (χ0) is 9.42. The molecule has 0 bridgehead atoms. The van der Waals surface area contributed by atoms with Crippen molar-refractivity contribution in [3.05, 3.63) is 22.8 Å². The zero-order valence-corrected chi connectivity index (χ0v) is 7.45. The molecule has 6 heteroatoms. The Morgan fingerprint density at radius 2 is 2.31 bits per heavy atom. The summed E-state index contributed by atoms with van der Waals surface area (Å²) in [5.41, 5.74) is 0.575. The molecule has 0 saturated carbocycles. The normalized spacial score (nSPS) is 10.2. The molecule has 2 aromatic heterocycles.